The zero-order valence-corrected chi connectivity index (χ0v) is 9.51. The Bertz CT molecular complexity index is 532. The fraction of sp³-hybridized carbons (Fsp3) is 0.333. The molecule has 0 fully saturated rings. The summed E-state index contributed by atoms with van der Waals surface area (Å²) in [6.07, 6.45) is 1.49. The van der Waals surface area contributed by atoms with Gasteiger partial charge >= 0.3 is 5.97 Å². The van der Waals surface area contributed by atoms with E-state index in [1.165, 1.54) is 18.5 Å². The first-order valence-electron chi connectivity index (χ1n) is 5.70. The van der Waals surface area contributed by atoms with Crippen molar-refractivity contribution in [1.82, 2.24) is 5.32 Å². The molecule has 0 aliphatic carbocycles. The lowest BCUT2D eigenvalue weighted by molar-refractivity contribution is -0.138. The van der Waals surface area contributed by atoms with Crippen LogP contribution < -0.4 is 10.2 Å². The molecular weight excluding hydrogens is 237 g/mol. The van der Waals surface area contributed by atoms with Crippen molar-refractivity contribution in [1.29, 1.82) is 0 Å². The van der Waals surface area contributed by atoms with Crippen molar-refractivity contribution >= 4 is 18.0 Å². The van der Waals surface area contributed by atoms with Crippen LogP contribution in [0.4, 0.5) is 10.1 Å². The molecule has 2 heterocycles. The Morgan fingerprint density at radius 3 is 3.17 bits per heavy atom. The predicted octanol–water partition coefficient (Wildman–Crippen LogP) is 0.599. The van der Waals surface area contributed by atoms with Crippen LogP contribution in [0, 0.1) is 5.82 Å². The molecule has 0 bridgehead atoms. The largest absolute Gasteiger partial charge is 0.480 e. The fourth-order valence-electron chi connectivity index (χ4n) is 2.44. The van der Waals surface area contributed by atoms with Gasteiger partial charge in [-0.05, 0) is 17.7 Å². The lowest BCUT2D eigenvalue weighted by Crippen LogP contribution is -2.45. The van der Waals surface area contributed by atoms with E-state index in [0.717, 1.165) is 5.56 Å². The number of carbonyl (C=O) groups is 1. The van der Waals surface area contributed by atoms with Gasteiger partial charge in [-0.15, -0.1) is 0 Å². The van der Waals surface area contributed by atoms with E-state index in [0.29, 0.717) is 18.8 Å². The van der Waals surface area contributed by atoms with E-state index in [1.807, 2.05) is 0 Å². The minimum absolute atomic E-state index is 0.300. The Labute approximate surface area is 103 Å². The Kier molecular flexibility index (Phi) is 2.52. The molecule has 0 saturated heterocycles. The predicted molar refractivity (Wildman–Crippen MR) is 64.3 cm³/mol. The van der Waals surface area contributed by atoms with Gasteiger partial charge in [0.1, 0.15) is 5.82 Å². The molecule has 0 radical (unpaired) electrons. The van der Waals surface area contributed by atoms with Gasteiger partial charge in [0.05, 0.1) is 12.4 Å². The van der Waals surface area contributed by atoms with E-state index < -0.39 is 12.0 Å². The van der Waals surface area contributed by atoms with Crippen LogP contribution in [0.1, 0.15) is 5.56 Å². The first-order valence-corrected chi connectivity index (χ1v) is 5.70. The van der Waals surface area contributed by atoms with Crippen molar-refractivity contribution < 1.29 is 14.3 Å². The maximum Gasteiger partial charge on any atom is 0.330 e. The zero-order valence-electron chi connectivity index (χ0n) is 9.51. The number of nitrogens with one attached hydrogen (secondary N) is 1. The van der Waals surface area contributed by atoms with Crippen molar-refractivity contribution in [2.75, 3.05) is 11.4 Å². The molecule has 5 nitrogen and oxygen atoms in total. The van der Waals surface area contributed by atoms with Gasteiger partial charge in [-0.2, -0.15) is 0 Å². The van der Waals surface area contributed by atoms with Gasteiger partial charge < -0.3 is 15.3 Å². The summed E-state index contributed by atoms with van der Waals surface area (Å²) >= 11 is 0. The van der Waals surface area contributed by atoms with Crippen molar-refractivity contribution in [3.05, 3.63) is 29.6 Å². The highest BCUT2D eigenvalue weighted by Crippen LogP contribution is 2.29. The summed E-state index contributed by atoms with van der Waals surface area (Å²) in [6, 6.07) is 3.44. The number of rotatable bonds is 1. The van der Waals surface area contributed by atoms with Crippen LogP contribution in [0.3, 0.4) is 0 Å². The van der Waals surface area contributed by atoms with E-state index in [4.69, 9.17) is 5.11 Å². The third-order valence-electron chi connectivity index (χ3n) is 3.32. The quantitative estimate of drug-likeness (QED) is 0.765. The van der Waals surface area contributed by atoms with Crippen molar-refractivity contribution in [2.24, 2.45) is 4.99 Å². The van der Waals surface area contributed by atoms with Gasteiger partial charge in [0.2, 0.25) is 0 Å². The van der Waals surface area contributed by atoms with E-state index in [2.05, 4.69) is 10.3 Å². The molecular formula is C12H12FN3O2. The summed E-state index contributed by atoms with van der Waals surface area (Å²) in [5, 5.41) is 12.3. The van der Waals surface area contributed by atoms with Crippen LogP contribution in [-0.2, 0) is 11.3 Å². The van der Waals surface area contributed by atoms with Crippen LogP contribution in [0.25, 0.3) is 0 Å². The second-order valence-corrected chi connectivity index (χ2v) is 4.43. The topological polar surface area (TPSA) is 64.9 Å². The van der Waals surface area contributed by atoms with Gasteiger partial charge in [0, 0.05) is 18.8 Å². The minimum atomic E-state index is -0.958. The van der Waals surface area contributed by atoms with Crippen LogP contribution in [0.2, 0.25) is 0 Å². The summed E-state index contributed by atoms with van der Waals surface area (Å²) < 4.78 is 13.3. The van der Waals surface area contributed by atoms with Crippen molar-refractivity contribution in [3.8, 4) is 0 Å². The summed E-state index contributed by atoms with van der Waals surface area (Å²) in [7, 11) is 0. The number of carboxylic acids is 1. The van der Waals surface area contributed by atoms with Crippen LogP contribution >= 0.6 is 0 Å². The number of aliphatic carboxylic acids is 1. The Morgan fingerprint density at radius 2 is 2.39 bits per heavy atom. The molecule has 94 valence electrons. The van der Waals surface area contributed by atoms with Crippen LogP contribution in [-0.4, -0.2) is 36.0 Å². The number of fused-ring (bicyclic) bond motifs is 3. The molecule has 0 spiro atoms. The molecule has 1 aromatic rings. The molecule has 2 N–H and O–H groups in total. The molecule has 18 heavy (non-hydrogen) atoms. The number of halogens is 1. The monoisotopic (exact) mass is 249 g/mol. The number of anilines is 1. The number of benzene rings is 1. The number of hydrogen-bond donors (Lipinski definition) is 2. The van der Waals surface area contributed by atoms with Gasteiger partial charge in [0.15, 0.2) is 6.04 Å². The lowest BCUT2D eigenvalue weighted by atomic mass is 10.1. The Balaban J connectivity index is 2.03. The minimum Gasteiger partial charge on any atom is -0.480 e. The zero-order chi connectivity index (χ0) is 12.7. The molecule has 6 heteroatoms. The summed E-state index contributed by atoms with van der Waals surface area (Å²) in [6.45, 7) is 1.11. The normalized spacial score (nSPS) is 25.5. The fourth-order valence-corrected chi connectivity index (χ4v) is 2.44. The van der Waals surface area contributed by atoms with Gasteiger partial charge in [-0.25, -0.2) is 9.18 Å². The number of carboxylic acid groups (broad SMARTS) is 1. The maximum absolute atomic E-state index is 13.3. The second kappa shape index (κ2) is 4.06. The molecule has 2 aliphatic heterocycles. The highest BCUT2D eigenvalue weighted by Gasteiger charge is 2.38. The highest BCUT2D eigenvalue weighted by molar-refractivity contribution is 5.90. The summed E-state index contributed by atoms with van der Waals surface area (Å²) in [5.41, 5.74) is 1.63. The molecule has 0 amide bonds. The molecule has 2 unspecified atom stereocenters. The first-order chi connectivity index (χ1) is 8.66. The standard InChI is InChI=1S/C12H12FN3O2/c13-8-2-1-7-4-14-5-10-11(12(17)18)15-6-16(10)9(7)3-8/h1-3,6,10-11,14H,4-5H2,(H,17,18). The maximum atomic E-state index is 13.3. The summed E-state index contributed by atoms with van der Waals surface area (Å²) in [4.78, 5) is 16.8. The van der Waals surface area contributed by atoms with Crippen molar-refractivity contribution in [2.45, 2.75) is 18.6 Å². The number of nitrogens with zero attached hydrogens (tertiary/aromatic N) is 2. The number of aliphatic imine (C=N–C) groups is 1. The van der Waals surface area contributed by atoms with Crippen LogP contribution in [0.5, 0.6) is 0 Å². The molecule has 1 aromatic carbocycles. The average molecular weight is 249 g/mol. The second-order valence-electron chi connectivity index (χ2n) is 4.43. The molecule has 3 rings (SSSR count). The van der Waals surface area contributed by atoms with Gasteiger partial charge in [0.25, 0.3) is 0 Å². The molecule has 2 atom stereocenters. The Morgan fingerprint density at radius 1 is 1.56 bits per heavy atom. The third-order valence-corrected chi connectivity index (χ3v) is 3.32. The molecule has 2 aliphatic rings. The van der Waals surface area contributed by atoms with E-state index in [1.54, 1.807) is 11.0 Å². The van der Waals surface area contributed by atoms with Gasteiger partial charge in [-0.3, -0.25) is 4.99 Å². The van der Waals surface area contributed by atoms with Gasteiger partial charge in [-0.1, -0.05) is 6.07 Å². The van der Waals surface area contributed by atoms with E-state index in [-0.39, 0.29) is 11.9 Å². The lowest BCUT2D eigenvalue weighted by Gasteiger charge is -2.25. The molecule has 0 saturated carbocycles. The van der Waals surface area contributed by atoms with Crippen molar-refractivity contribution in [3.63, 3.8) is 0 Å². The van der Waals surface area contributed by atoms with E-state index in [9.17, 15) is 9.18 Å². The number of hydrogen-bond acceptors (Lipinski definition) is 4. The average Bonchev–Trinajstić information content (AvgIpc) is 2.67. The first kappa shape index (κ1) is 11.2. The Hall–Kier alpha value is -1.95. The highest BCUT2D eigenvalue weighted by atomic mass is 19.1. The SMILES string of the molecule is O=C(O)C1N=CN2c3cc(F)ccc3CNCC12. The summed E-state index contributed by atoms with van der Waals surface area (Å²) in [5.74, 6) is -1.29. The smallest absolute Gasteiger partial charge is 0.330 e. The molecule has 0 aromatic heterocycles. The third kappa shape index (κ3) is 1.65. The van der Waals surface area contributed by atoms with E-state index >= 15 is 0 Å². The van der Waals surface area contributed by atoms with Crippen LogP contribution in [0.15, 0.2) is 23.2 Å².